The highest BCUT2D eigenvalue weighted by Crippen LogP contribution is 2.36. The molecule has 36 heavy (non-hydrogen) atoms. The van der Waals surface area contributed by atoms with Crippen LogP contribution in [0.4, 0.5) is 15.0 Å². The van der Waals surface area contributed by atoms with E-state index in [0.717, 1.165) is 39.0 Å². The number of halogens is 3. The Kier molecular flexibility index (Phi) is 8.78. The van der Waals surface area contributed by atoms with Gasteiger partial charge in [-0.1, -0.05) is 35.0 Å². The molecule has 3 heterocycles. The second-order valence-corrected chi connectivity index (χ2v) is 9.87. The summed E-state index contributed by atoms with van der Waals surface area (Å²) in [5.74, 6) is 5.77. The maximum Gasteiger partial charge on any atom is 0.318 e. The van der Waals surface area contributed by atoms with Gasteiger partial charge in [0.15, 0.2) is 11.6 Å². The minimum absolute atomic E-state index is 0.0804. The van der Waals surface area contributed by atoms with Crippen LogP contribution in [0.3, 0.4) is 0 Å². The molecule has 3 N–H and O–H groups in total. The molecule has 2 fully saturated rings. The highest BCUT2D eigenvalue weighted by Gasteiger charge is 2.30. The van der Waals surface area contributed by atoms with Crippen molar-refractivity contribution in [3.05, 3.63) is 51.4 Å². The smallest absolute Gasteiger partial charge is 0.318 e. The van der Waals surface area contributed by atoms with Crippen LogP contribution in [-0.2, 0) is 0 Å². The number of anilines is 1. The Bertz CT molecular complexity index is 1160. The number of nitrogen functional groups attached to an aromatic ring is 1. The van der Waals surface area contributed by atoms with Crippen LogP contribution in [0.5, 0.6) is 5.75 Å². The number of carbonyl (C=O) groups is 1. The summed E-state index contributed by atoms with van der Waals surface area (Å²) in [6, 6.07) is 4.44. The Labute approximate surface area is 221 Å². The molecule has 0 bridgehead atoms. The molecule has 2 atom stereocenters. The number of hydrogen-bond donors (Lipinski definition) is 2. The molecule has 0 radical (unpaired) electrons. The lowest BCUT2D eigenvalue weighted by atomic mass is 10.1. The molecule has 2 saturated heterocycles. The van der Waals surface area contributed by atoms with Crippen LogP contribution < -0.4 is 15.8 Å². The number of nitrogens with two attached hydrogens (primary N) is 1. The first-order chi connectivity index (χ1) is 17.3. The number of rotatable bonds is 6. The van der Waals surface area contributed by atoms with E-state index in [0.29, 0.717) is 11.1 Å². The van der Waals surface area contributed by atoms with Crippen molar-refractivity contribution < 1.29 is 13.9 Å². The monoisotopic (exact) mass is 533 g/mol. The number of amides is 2. The Morgan fingerprint density at radius 3 is 2.86 bits per heavy atom. The maximum absolute atomic E-state index is 13.9. The van der Waals surface area contributed by atoms with Crippen LogP contribution in [0, 0.1) is 17.7 Å². The fourth-order valence-corrected chi connectivity index (χ4v) is 5.38. The Morgan fingerprint density at radius 2 is 2.08 bits per heavy atom. The van der Waals surface area contributed by atoms with Gasteiger partial charge in [0.1, 0.15) is 11.9 Å². The third kappa shape index (κ3) is 6.33. The van der Waals surface area contributed by atoms with Gasteiger partial charge >= 0.3 is 6.03 Å². The molecule has 2 aliphatic heterocycles. The Hall–Kier alpha value is -2.73. The summed E-state index contributed by atoms with van der Waals surface area (Å²) in [5, 5.41) is 3.08. The topological polar surface area (TPSA) is 83.7 Å². The zero-order valence-corrected chi connectivity index (χ0v) is 21.7. The van der Waals surface area contributed by atoms with Crippen LogP contribution in [0.25, 0.3) is 0 Å². The van der Waals surface area contributed by atoms with Gasteiger partial charge < -0.3 is 25.6 Å². The quantitative estimate of drug-likeness (QED) is 0.408. The van der Waals surface area contributed by atoms with Crippen LogP contribution in [0.1, 0.15) is 49.8 Å². The number of aromatic nitrogens is 1. The first-order valence-electron chi connectivity index (χ1n) is 12.1. The summed E-state index contributed by atoms with van der Waals surface area (Å²) in [7, 11) is 0. The van der Waals surface area contributed by atoms with E-state index in [2.05, 4.69) is 27.0 Å². The molecule has 2 amide bonds. The fraction of sp³-hybridized carbons (Fsp3) is 0.462. The molecule has 10 heteroatoms. The Balaban J connectivity index is 1.34. The number of nitrogens with one attached hydrogen (secondary N) is 1. The summed E-state index contributed by atoms with van der Waals surface area (Å²) < 4.78 is 19.8. The summed E-state index contributed by atoms with van der Waals surface area (Å²) in [6.07, 6.45) is 5.40. The summed E-state index contributed by atoms with van der Waals surface area (Å²) in [6.45, 7) is 5.87. The molecule has 192 valence electrons. The van der Waals surface area contributed by atoms with E-state index in [9.17, 15) is 9.18 Å². The van der Waals surface area contributed by atoms with Crippen molar-refractivity contribution in [2.75, 3.05) is 38.5 Å². The molecule has 0 aliphatic carbocycles. The molecule has 0 spiro atoms. The standard InChI is InChI=1S/C26H30Cl2FN5O2/c1-17(23-20(27)8-9-21(29)24(23)28)36-22-14-18(15-32-25(22)30)6-4-10-31-26(35)34-13-5-7-19(34)16-33-11-2-3-12-33/h8-9,14-15,17,19H,2-3,5,7,10-13,16H2,1H3,(H2,30,32)(H,31,35)/t17?,19-/m0/s1. The van der Waals surface area contributed by atoms with Gasteiger partial charge in [0.25, 0.3) is 0 Å². The molecular formula is C26H30Cl2FN5O2. The van der Waals surface area contributed by atoms with Gasteiger partial charge in [-0.25, -0.2) is 14.2 Å². The first kappa shape index (κ1) is 26.3. The highest BCUT2D eigenvalue weighted by atomic mass is 35.5. The van der Waals surface area contributed by atoms with Gasteiger partial charge in [0.05, 0.1) is 11.6 Å². The molecule has 2 aliphatic rings. The van der Waals surface area contributed by atoms with Crippen LogP contribution in [0.15, 0.2) is 24.4 Å². The lowest BCUT2D eigenvalue weighted by molar-refractivity contribution is 0.176. The third-order valence-corrected chi connectivity index (χ3v) is 7.25. The van der Waals surface area contributed by atoms with Gasteiger partial charge in [0, 0.05) is 47.5 Å². The number of carbonyl (C=O) groups excluding carboxylic acids is 1. The SMILES string of the molecule is CC(Oc1cc(C#CCNC(=O)N2CCC[C@H]2CN2CCCC2)cnc1N)c1c(Cl)ccc(F)c1Cl. The highest BCUT2D eigenvalue weighted by molar-refractivity contribution is 6.36. The molecule has 1 unspecified atom stereocenters. The van der Waals surface area contributed by atoms with Crippen LogP contribution >= 0.6 is 23.2 Å². The lowest BCUT2D eigenvalue weighted by Gasteiger charge is -2.28. The third-order valence-electron chi connectivity index (χ3n) is 6.54. The average molecular weight is 534 g/mol. The van der Waals surface area contributed by atoms with E-state index in [1.165, 1.54) is 31.2 Å². The Morgan fingerprint density at radius 1 is 1.31 bits per heavy atom. The molecular weight excluding hydrogens is 504 g/mol. The molecule has 1 aromatic carbocycles. The summed E-state index contributed by atoms with van der Waals surface area (Å²) in [5.41, 5.74) is 6.85. The number of likely N-dealkylation sites (tertiary alicyclic amines) is 2. The van der Waals surface area contributed by atoms with E-state index in [4.69, 9.17) is 33.7 Å². The number of urea groups is 1. The minimum Gasteiger partial charge on any atom is -0.482 e. The maximum atomic E-state index is 13.9. The number of ether oxygens (including phenoxy) is 1. The van der Waals surface area contributed by atoms with Gasteiger partial charge in [-0.05, 0) is 57.8 Å². The minimum atomic E-state index is -0.679. The van der Waals surface area contributed by atoms with Crippen molar-refractivity contribution in [3.63, 3.8) is 0 Å². The summed E-state index contributed by atoms with van der Waals surface area (Å²) in [4.78, 5) is 21.2. The fourth-order valence-electron chi connectivity index (χ4n) is 4.71. The molecule has 2 aromatic rings. The van der Waals surface area contributed by atoms with Gasteiger partial charge in [-0.15, -0.1) is 0 Å². The zero-order valence-electron chi connectivity index (χ0n) is 20.2. The van der Waals surface area contributed by atoms with Gasteiger partial charge in [0.2, 0.25) is 0 Å². The predicted molar refractivity (Wildman–Crippen MR) is 140 cm³/mol. The number of benzene rings is 1. The number of nitrogens with zero attached hydrogens (tertiary/aromatic N) is 3. The van der Waals surface area contributed by atoms with Gasteiger partial charge in [-0.2, -0.15) is 0 Å². The van der Waals surface area contributed by atoms with Crippen molar-refractivity contribution in [1.82, 2.24) is 20.1 Å². The normalized spacial score (nSPS) is 18.6. The van der Waals surface area contributed by atoms with Crippen molar-refractivity contribution in [1.29, 1.82) is 0 Å². The van der Waals surface area contributed by atoms with Crippen molar-refractivity contribution >= 4 is 35.1 Å². The van der Waals surface area contributed by atoms with Crippen molar-refractivity contribution in [3.8, 4) is 17.6 Å². The van der Waals surface area contributed by atoms with E-state index in [1.54, 1.807) is 13.0 Å². The van der Waals surface area contributed by atoms with E-state index in [1.807, 2.05) is 4.90 Å². The second kappa shape index (κ2) is 12.0. The van der Waals surface area contributed by atoms with Crippen molar-refractivity contribution in [2.24, 2.45) is 0 Å². The lowest BCUT2D eigenvalue weighted by Crippen LogP contribution is -2.47. The predicted octanol–water partition coefficient (Wildman–Crippen LogP) is 4.87. The van der Waals surface area contributed by atoms with E-state index >= 15 is 0 Å². The van der Waals surface area contributed by atoms with Crippen LogP contribution in [-0.4, -0.2) is 59.6 Å². The van der Waals surface area contributed by atoms with E-state index in [-0.39, 0.29) is 40.2 Å². The summed E-state index contributed by atoms with van der Waals surface area (Å²) >= 11 is 12.3. The number of pyridine rings is 1. The molecule has 7 nitrogen and oxygen atoms in total. The van der Waals surface area contributed by atoms with Gasteiger partial charge in [-0.3, -0.25) is 0 Å². The molecule has 4 rings (SSSR count). The zero-order chi connectivity index (χ0) is 25.7. The van der Waals surface area contributed by atoms with Crippen molar-refractivity contribution in [2.45, 2.75) is 44.8 Å². The first-order valence-corrected chi connectivity index (χ1v) is 12.9. The molecule has 0 saturated carbocycles. The number of hydrogen-bond acceptors (Lipinski definition) is 5. The largest absolute Gasteiger partial charge is 0.482 e. The average Bonchev–Trinajstić information content (AvgIpc) is 3.54. The second-order valence-electron chi connectivity index (χ2n) is 9.08. The van der Waals surface area contributed by atoms with E-state index < -0.39 is 11.9 Å². The molecule has 1 aromatic heterocycles. The van der Waals surface area contributed by atoms with Crippen LogP contribution in [0.2, 0.25) is 10.0 Å².